The van der Waals surface area contributed by atoms with Gasteiger partial charge in [0.15, 0.2) is 0 Å². The summed E-state index contributed by atoms with van der Waals surface area (Å²) in [5, 5.41) is 10.8. The third-order valence-electron chi connectivity index (χ3n) is 4.50. The number of aliphatic hydroxyl groups excluding tert-OH is 1. The van der Waals surface area contributed by atoms with E-state index in [1.807, 2.05) is 6.92 Å². The Morgan fingerprint density at radius 2 is 2.12 bits per heavy atom. The average Bonchev–Trinajstić information content (AvgIpc) is 2.88. The van der Waals surface area contributed by atoms with E-state index in [1.165, 1.54) is 45.2 Å². The Hall–Kier alpha value is 0.400. The lowest BCUT2D eigenvalue weighted by Crippen LogP contribution is -2.36. The van der Waals surface area contributed by atoms with Crippen molar-refractivity contribution in [2.24, 2.45) is 11.3 Å². The Morgan fingerprint density at radius 1 is 1.44 bits per heavy atom. The number of hydrogen-bond acceptors (Lipinski definition) is 2. The van der Waals surface area contributed by atoms with Crippen LogP contribution in [0.15, 0.2) is 0 Å². The van der Waals surface area contributed by atoms with Gasteiger partial charge >= 0.3 is 0 Å². The van der Waals surface area contributed by atoms with Gasteiger partial charge < -0.3 is 10.0 Å². The number of alkyl halides is 1. The molecule has 3 heteroatoms. The van der Waals surface area contributed by atoms with Gasteiger partial charge in [-0.3, -0.25) is 0 Å². The summed E-state index contributed by atoms with van der Waals surface area (Å²) in [5.74, 6) is 0.508. The highest BCUT2D eigenvalue weighted by molar-refractivity contribution is 9.09. The van der Waals surface area contributed by atoms with Crippen molar-refractivity contribution in [3.63, 3.8) is 0 Å². The molecule has 2 fully saturated rings. The number of aliphatic hydroxyl groups is 1. The molecule has 0 aromatic carbocycles. The first kappa shape index (κ1) is 12.8. The number of likely N-dealkylation sites (tertiary alicyclic amines) is 1. The summed E-state index contributed by atoms with van der Waals surface area (Å²) in [4.78, 5) is 2.57. The molecule has 2 unspecified atom stereocenters. The van der Waals surface area contributed by atoms with Crippen molar-refractivity contribution >= 4 is 15.9 Å². The third kappa shape index (κ3) is 2.80. The Bertz CT molecular complexity index is 226. The van der Waals surface area contributed by atoms with Gasteiger partial charge in [-0.1, -0.05) is 28.8 Å². The molecule has 1 aliphatic heterocycles. The van der Waals surface area contributed by atoms with Crippen molar-refractivity contribution < 1.29 is 5.11 Å². The minimum Gasteiger partial charge on any atom is -0.393 e. The van der Waals surface area contributed by atoms with Gasteiger partial charge in [-0.25, -0.2) is 0 Å². The highest BCUT2D eigenvalue weighted by Gasteiger charge is 2.37. The lowest BCUT2D eigenvalue weighted by atomic mass is 9.88. The first-order chi connectivity index (χ1) is 7.65. The molecule has 2 rings (SSSR count). The van der Waals surface area contributed by atoms with Gasteiger partial charge in [-0.2, -0.15) is 0 Å². The third-order valence-corrected chi connectivity index (χ3v) is 5.69. The second-order valence-electron chi connectivity index (χ2n) is 5.87. The zero-order chi connectivity index (χ0) is 11.6. The Labute approximate surface area is 108 Å². The van der Waals surface area contributed by atoms with Gasteiger partial charge in [-0.15, -0.1) is 0 Å². The first-order valence-electron chi connectivity index (χ1n) is 6.62. The summed E-state index contributed by atoms with van der Waals surface area (Å²) in [5.41, 5.74) is 0.535. The lowest BCUT2D eigenvalue weighted by Gasteiger charge is -2.32. The van der Waals surface area contributed by atoms with Gasteiger partial charge in [0.25, 0.3) is 0 Å². The first-order valence-corrected chi connectivity index (χ1v) is 7.74. The van der Waals surface area contributed by atoms with E-state index in [0.717, 1.165) is 11.9 Å². The molecule has 94 valence electrons. The smallest absolute Gasteiger partial charge is 0.0552 e. The molecule has 0 bridgehead atoms. The fourth-order valence-corrected chi connectivity index (χ4v) is 4.07. The minimum absolute atomic E-state index is 0.131. The van der Waals surface area contributed by atoms with Crippen molar-refractivity contribution in [3.8, 4) is 0 Å². The monoisotopic (exact) mass is 289 g/mol. The maximum Gasteiger partial charge on any atom is 0.0552 e. The summed E-state index contributed by atoms with van der Waals surface area (Å²) in [6.45, 7) is 5.46. The van der Waals surface area contributed by atoms with Crippen LogP contribution in [0.25, 0.3) is 0 Å². The predicted molar refractivity (Wildman–Crippen MR) is 70.9 cm³/mol. The molecule has 2 aliphatic rings. The van der Waals surface area contributed by atoms with E-state index in [-0.39, 0.29) is 6.10 Å². The van der Waals surface area contributed by atoms with E-state index < -0.39 is 0 Å². The largest absolute Gasteiger partial charge is 0.393 e. The molecule has 1 N–H and O–H groups in total. The van der Waals surface area contributed by atoms with E-state index in [2.05, 4.69) is 20.8 Å². The maximum absolute atomic E-state index is 9.62. The second kappa shape index (κ2) is 5.36. The normalized spacial score (nSPS) is 32.1. The summed E-state index contributed by atoms with van der Waals surface area (Å²) in [7, 11) is 0. The zero-order valence-electron chi connectivity index (χ0n) is 10.3. The summed E-state index contributed by atoms with van der Waals surface area (Å²) >= 11 is 3.71. The highest BCUT2D eigenvalue weighted by atomic mass is 79.9. The molecule has 16 heavy (non-hydrogen) atoms. The van der Waals surface area contributed by atoms with Crippen LogP contribution in [0.4, 0.5) is 0 Å². The van der Waals surface area contributed by atoms with Gasteiger partial charge in [0.1, 0.15) is 0 Å². The van der Waals surface area contributed by atoms with Gasteiger partial charge in [0.2, 0.25) is 0 Å². The SMILES string of the molecule is CC(O)C1CCN(CC2(CBr)CCCC2)C1. The molecular weight excluding hydrogens is 266 g/mol. The molecule has 0 aromatic heterocycles. The average molecular weight is 290 g/mol. The molecule has 1 aliphatic carbocycles. The lowest BCUT2D eigenvalue weighted by molar-refractivity contribution is 0.120. The molecule has 1 saturated carbocycles. The topological polar surface area (TPSA) is 23.5 Å². The predicted octanol–water partition coefficient (Wildman–Crippen LogP) is 2.64. The van der Waals surface area contributed by atoms with Crippen molar-refractivity contribution in [2.45, 2.75) is 45.1 Å². The van der Waals surface area contributed by atoms with Crippen LogP contribution in [0.1, 0.15) is 39.0 Å². The number of nitrogens with zero attached hydrogens (tertiary/aromatic N) is 1. The maximum atomic E-state index is 9.62. The Balaban J connectivity index is 1.86. The second-order valence-corrected chi connectivity index (χ2v) is 6.43. The molecule has 0 radical (unpaired) electrons. The van der Waals surface area contributed by atoms with Crippen molar-refractivity contribution in [3.05, 3.63) is 0 Å². The van der Waals surface area contributed by atoms with Crippen LogP contribution in [0.3, 0.4) is 0 Å². The summed E-state index contributed by atoms with van der Waals surface area (Å²) < 4.78 is 0. The van der Waals surface area contributed by atoms with Gasteiger partial charge in [0, 0.05) is 18.4 Å². The molecular formula is C13H24BrNO. The quantitative estimate of drug-likeness (QED) is 0.805. The van der Waals surface area contributed by atoms with Crippen molar-refractivity contribution in [2.75, 3.05) is 25.0 Å². The standard InChI is InChI=1S/C13H24BrNO/c1-11(16)12-4-7-15(8-12)10-13(9-14)5-2-3-6-13/h11-12,16H,2-10H2,1H3. The Morgan fingerprint density at radius 3 is 2.62 bits per heavy atom. The molecule has 0 amide bonds. The van der Waals surface area contributed by atoms with Crippen LogP contribution in [-0.2, 0) is 0 Å². The van der Waals surface area contributed by atoms with Crippen LogP contribution in [0, 0.1) is 11.3 Å². The van der Waals surface area contributed by atoms with Crippen LogP contribution in [-0.4, -0.2) is 41.1 Å². The van der Waals surface area contributed by atoms with Crippen LogP contribution in [0.2, 0.25) is 0 Å². The van der Waals surface area contributed by atoms with E-state index in [1.54, 1.807) is 0 Å². The number of rotatable bonds is 4. The molecule has 2 nitrogen and oxygen atoms in total. The van der Waals surface area contributed by atoms with E-state index in [0.29, 0.717) is 11.3 Å². The molecule has 0 spiro atoms. The van der Waals surface area contributed by atoms with Gasteiger partial charge in [0.05, 0.1) is 6.10 Å². The van der Waals surface area contributed by atoms with E-state index in [4.69, 9.17) is 0 Å². The van der Waals surface area contributed by atoms with Crippen molar-refractivity contribution in [1.29, 1.82) is 0 Å². The highest BCUT2D eigenvalue weighted by Crippen LogP contribution is 2.41. The molecule has 1 heterocycles. The zero-order valence-corrected chi connectivity index (χ0v) is 11.9. The van der Waals surface area contributed by atoms with Crippen LogP contribution >= 0.6 is 15.9 Å². The molecule has 2 atom stereocenters. The fraction of sp³-hybridized carbons (Fsp3) is 1.00. The van der Waals surface area contributed by atoms with Gasteiger partial charge in [-0.05, 0) is 44.1 Å². The molecule has 1 saturated heterocycles. The van der Waals surface area contributed by atoms with E-state index >= 15 is 0 Å². The number of halogens is 1. The van der Waals surface area contributed by atoms with E-state index in [9.17, 15) is 5.11 Å². The van der Waals surface area contributed by atoms with Crippen LogP contribution in [0.5, 0.6) is 0 Å². The van der Waals surface area contributed by atoms with Crippen LogP contribution < -0.4 is 0 Å². The minimum atomic E-state index is -0.131. The summed E-state index contributed by atoms with van der Waals surface area (Å²) in [6, 6.07) is 0. The Kier molecular flexibility index (Phi) is 4.31. The van der Waals surface area contributed by atoms with Crippen molar-refractivity contribution in [1.82, 2.24) is 4.90 Å². The number of hydrogen-bond donors (Lipinski definition) is 1. The molecule has 0 aromatic rings. The fourth-order valence-electron chi connectivity index (χ4n) is 3.33. The summed E-state index contributed by atoms with van der Waals surface area (Å²) in [6.07, 6.45) is 6.62.